The molecule has 1 N–H and O–H groups in total. The van der Waals surface area contributed by atoms with Crippen molar-refractivity contribution >= 4 is 21.8 Å². The van der Waals surface area contributed by atoms with E-state index >= 15 is 0 Å². The summed E-state index contributed by atoms with van der Waals surface area (Å²) >= 11 is 3.52. The van der Waals surface area contributed by atoms with Crippen LogP contribution in [0.4, 0.5) is 0 Å². The van der Waals surface area contributed by atoms with Gasteiger partial charge in [-0.1, -0.05) is 45.1 Å². The zero-order valence-corrected chi connectivity index (χ0v) is 15.0. The van der Waals surface area contributed by atoms with Gasteiger partial charge in [-0.2, -0.15) is 0 Å². The summed E-state index contributed by atoms with van der Waals surface area (Å²) in [5.74, 6) is 0.715. The number of amides is 1. The SMILES string of the molecule is CCCc1ccc(OCC(=O)NC2CCCCCC2)c(Br)c1. The van der Waals surface area contributed by atoms with Gasteiger partial charge in [0.25, 0.3) is 5.91 Å². The molecular weight excluding hydrogens is 342 g/mol. The number of benzene rings is 1. The molecule has 1 aromatic rings. The van der Waals surface area contributed by atoms with Crippen molar-refractivity contribution in [3.63, 3.8) is 0 Å². The Kier molecular flexibility index (Phi) is 7.23. The summed E-state index contributed by atoms with van der Waals surface area (Å²) in [7, 11) is 0. The van der Waals surface area contributed by atoms with Crippen LogP contribution in [0.25, 0.3) is 0 Å². The number of hydrogen-bond donors (Lipinski definition) is 1. The molecule has 1 aliphatic rings. The maximum atomic E-state index is 12.0. The highest BCUT2D eigenvalue weighted by atomic mass is 79.9. The zero-order chi connectivity index (χ0) is 15.8. The predicted molar refractivity (Wildman–Crippen MR) is 93.3 cm³/mol. The minimum absolute atomic E-state index is 0.0172. The molecule has 0 bridgehead atoms. The van der Waals surface area contributed by atoms with Crippen LogP contribution < -0.4 is 10.1 Å². The van der Waals surface area contributed by atoms with E-state index in [1.54, 1.807) is 0 Å². The Morgan fingerprint density at radius 2 is 2.00 bits per heavy atom. The molecule has 1 aromatic carbocycles. The van der Waals surface area contributed by atoms with Crippen molar-refractivity contribution in [2.24, 2.45) is 0 Å². The van der Waals surface area contributed by atoms with Crippen molar-refractivity contribution in [2.45, 2.75) is 64.3 Å². The van der Waals surface area contributed by atoms with Gasteiger partial charge in [0, 0.05) is 6.04 Å². The Bertz CT molecular complexity index is 482. The lowest BCUT2D eigenvalue weighted by Gasteiger charge is -2.16. The third kappa shape index (κ3) is 5.64. The standard InChI is InChI=1S/C18H26BrNO2/c1-2-7-14-10-11-17(16(19)12-14)22-13-18(21)20-15-8-5-3-4-6-9-15/h10-12,15H,2-9,13H2,1H3,(H,20,21). The van der Waals surface area contributed by atoms with Crippen LogP contribution in [0.5, 0.6) is 5.75 Å². The lowest BCUT2D eigenvalue weighted by atomic mass is 10.1. The summed E-state index contributed by atoms with van der Waals surface area (Å²) in [5, 5.41) is 3.10. The first-order chi connectivity index (χ1) is 10.7. The van der Waals surface area contributed by atoms with Gasteiger partial charge >= 0.3 is 0 Å². The first-order valence-corrected chi connectivity index (χ1v) is 9.19. The minimum atomic E-state index is -0.0172. The van der Waals surface area contributed by atoms with Crippen LogP contribution in [0.2, 0.25) is 0 Å². The maximum absolute atomic E-state index is 12.0. The van der Waals surface area contributed by atoms with E-state index in [1.165, 1.54) is 31.2 Å². The van der Waals surface area contributed by atoms with Gasteiger partial charge < -0.3 is 10.1 Å². The molecule has 0 aromatic heterocycles. The van der Waals surface area contributed by atoms with Gasteiger partial charge in [0.2, 0.25) is 0 Å². The molecule has 0 aliphatic heterocycles. The van der Waals surface area contributed by atoms with E-state index in [-0.39, 0.29) is 12.5 Å². The average molecular weight is 368 g/mol. The Morgan fingerprint density at radius 3 is 2.64 bits per heavy atom. The van der Waals surface area contributed by atoms with E-state index in [1.807, 2.05) is 6.07 Å². The van der Waals surface area contributed by atoms with E-state index in [2.05, 4.69) is 40.3 Å². The van der Waals surface area contributed by atoms with Crippen molar-refractivity contribution in [2.75, 3.05) is 6.61 Å². The van der Waals surface area contributed by atoms with Crippen LogP contribution in [0.15, 0.2) is 22.7 Å². The van der Waals surface area contributed by atoms with Crippen LogP contribution in [-0.2, 0) is 11.2 Å². The quantitative estimate of drug-likeness (QED) is 0.744. The zero-order valence-electron chi connectivity index (χ0n) is 13.4. The molecule has 3 nitrogen and oxygen atoms in total. The lowest BCUT2D eigenvalue weighted by molar-refractivity contribution is -0.123. The Labute approximate surface area is 141 Å². The van der Waals surface area contributed by atoms with Crippen LogP contribution in [0, 0.1) is 0 Å². The van der Waals surface area contributed by atoms with Gasteiger partial charge in [-0.3, -0.25) is 4.79 Å². The fourth-order valence-electron chi connectivity index (χ4n) is 2.94. The van der Waals surface area contributed by atoms with Crippen LogP contribution >= 0.6 is 15.9 Å². The molecule has 0 atom stereocenters. The normalized spacial score (nSPS) is 16.1. The minimum Gasteiger partial charge on any atom is -0.483 e. The van der Waals surface area contributed by atoms with E-state index in [4.69, 9.17) is 4.74 Å². The molecule has 122 valence electrons. The summed E-state index contributed by atoms with van der Waals surface area (Å²) in [5.41, 5.74) is 1.28. The fraction of sp³-hybridized carbons (Fsp3) is 0.611. The second-order valence-corrected chi connectivity index (χ2v) is 6.91. The van der Waals surface area contributed by atoms with Crippen LogP contribution in [-0.4, -0.2) is 18.6 Å². The predicted octanol–water partition coefficient (Wildman–Crippen LogP) is 4.62. The number of ether oxygens (including phenoxy) is 1. The smallest absolute Gasteiger partial charge is 0.258 e. The highest BCUT2D eigenvalue weighted by Crippen LogP contribution is 2.26. The van der Waals surface area contributed by atoms with Gasteiger partial charge in [0.15, 0.2) is 6.61 Å². The van der Waals surface area contributed by atoms with E-state index in [9.17, 15) is 4.79 Å². The summed E-state index contributed by atoms with van der Waals surface area (Å²) in [6.07, 6.45) is 9.39. The molecular formula is C18H26BrNO2. The first-order valence-electron chi connectivity index (χ1n) is 8.39. The third-order valence-corrected chi connectivity index (χ3v) is 4.73. The number of aryl methyl sites for hydroxylation is 1. The molecule has 0 radical (unpaired) electrons. The number of carbonyl (C=O) groups is 1. The Morgan fingerprint density at radius 1 is 1.27 bits per heavy atom. The van der Waals surface area contributed by atoms with Crippen molar-refractivity contribution in [3.05, 3.63) is 28.2 Å². The van der Waals surface area contributed by atoms with Crippen molar-refractivity contribution in [1.82, 2.24) is 5.32 Å². The number of carbonyl (C=O) groups excluding carboxylic acids is 1. The molecule has 1 amide bonds. The highest BCUT2D eigenvalue weighted by Gasteiger charge is 2.15. The fourth-order valence-corrected chi connectivity index (χ4v) is 3.48. The largest absolute Gasteiger partial charge is 0.483 e. The molecule has 0 unspecified atom stereocenters. The maximum Gasteiger partial charge on any atom is 0.258 e. The van der Waals surface area contributed by atoms with Crippen LogP contribution in [0.1, 0.15) is 57.4 Å². The topological polar surface area (TPSA) is 38.3 Å². The Hall–Kier alpha value is -1.03. The molecule has 22 heavy (non-hydrogen) atoms. The van der Waals surface area contributed by atoms with E-state index in [0.29, 0.717) is 6.04 Å². The van der Waals surface area contributed by atoms with E-state index < -0.39 is 0 Å². The lowest BCUT2D eigenvalue weighted by Crippen LogP contribution is -2.37. The number of hydrogen-bond acceptors (Lipinski definition) is 2. The van der Waals surface area contributed by atoms with Gasteiger partial charge in [0.05, 0.1) is 4.47 Å². The van der Waals surface area contributed by atoms with Crippen molar-refractivity contribution < 1.29 is 9.53 Å². The molecule has 1 saturated carbocycles. The van der Waals surface area contributed by atoms with Crippen molar-refractivity contribution in [3.8, 4) is 5.75 Å². The molecule has 4 heteroatoms. The molecule has 2 rings (SSSR count). The highest BCUT2D eigenvalue weighted by molar-refractivity contribution is 9.10. The van der Waals surface area contributed by atoms with Gasteiger partial charge in [-0.05, 0) is 52.9 Å². The summed E-state index contributed by atoms with van der Waals surface area (Å²) < 4.78 is 6.56. The van der Waals surface area contributed by atoms with Gasteiger partial charge in [0.1, 0.15) is 5.75 Å². The summed E-state index contributed by atoms with van der Waals surface area (Å²) in [4.78, 5) is 12.0. The Balaban J connectivity index is 1.80. The number of rotatable bonds is 6. The van der Waals surface area contributed by atoms with E-state index in [0.717, 1.165) is 35.9 Å². The monoisotopic (exact) mass is 367 g/mol. The summed E-state index contributed by atoms with van der Waals surface area (Å²) in [6.45, 7) is 2.25. The van der Waals surface area contributed by atoms with Gasteiger partial charge in [-0.15, -0.1) is 0 Å². The first kappa shape index (κ1) is 17.3. The third-order valence-electron chi connectivity index (χ3n) is 4.11. The second-order valence-electron chi connectivity index (χ2n) is 6.06. The van der Waals surface area contributed by atoms with Crippen molar-refractivity contribution in [1.29, 1.82) is 0 Å². The summed E-state index contributed by atoms with van der Waals surface area (Å²) in [6, 6.07) is 6.40. The molecule has 1 aliphatic carbocycles. The molecule has 0 saturated heterocycles. The van der Waals surface area contributed by atoms with Gasteiger partial charge in [-0.25, -0.2) is 0 Å². The molecule has 0 heterocycles. The number of halogens is 1. The number of nitrogens with one attached hydrogen (secondary N) is 1. The molecule has 1 fully saturated rings. The van der Waals surface area contributed by atoms with Crippen LogP contribution in [0.3, 0.4) is 0 Å². The molecule has 0 spiro atoms. The second kappa shape index (κ2) is 9.19. The average Bonchev–Trinajstić information content (AvgIpc) is 2.75.